The average molecular weight is 785 g/mol. The number of aliphatic hydroxyl groups excluding tert-OH is 2. The first-order chi connectivity index (χ1) is 27.6. The molecule has 0 saturated carbocycles. The van der Waals surface area contributed by atoms with Gasteiger partial charge in [-0.25, -0.2) is 9.97 Å². The number of hydrogen-bond donors (Lipinski definition) is 4. The van der Waals surface area contributed by atoms with Gasteiger partial charge in [-0.05, 0) is 140 Å². The molecule has 3 atom stereocenters. The van der Waals surface area contributed by atoms with Crippen molar-refractivity contribution in [1.82, 2.24) is 19.9 Å². The molecule has 0 saturated heterocycles. The zero-order chi connectivity index (χ0) is 42.0. The van der Waals surface area contributed by atoms with Crippen LogP contribution in [-0.4, -0.2) is 55.1 Å². The highest BCUT2D eigenvalue weighted by atomic mass is 16.5. The van der Waals surface area contributed by atoms with Crippen molar-refractivity contribution >= 4 is 57.4 Å². The predicted molar refractivity (Wildman–Crippen MR) is 236 cm³/mol. The van der Waals surface area contributed by atoms with Crippen molar-refractivity contribution in [2.45, 2.75) is 132 Å². The predicted octanol–water partition coefficient (Wildman–Crippen LogP) is 11.5. The number of esters is 1. The Balaban J connectivity index is 1.36. The minimum Gasteiger partial charge on any atom is -0.507 e. The van der Waals surface area contributed by atoms with E-state index in [4.69, 9.17) is 14.7 Å². The number of aliphatic hydroxyl groups is 2. The first-order valence-corrected chi connectivity index (χ1v) is 20.8. The Hall–Kier alpha value is -5.28. The number of aromatic amines is 2. The topological polar surface area (TPSA) is 141 Å². The number of H-pyrrole nitrogens is 2. The lowest BCUT2D eigenvalue weighted by molar-refractivity contribution is -0.142. The summed E-state index contributed by atoms with van der Waals surface area (Å²) in [6.45, 7) is 20.6. The van der Waals surface area contributed by atoms with E-state index >= 15 is 0 Å². The standard InChI is InChI=1S/C49H60N4O5/c1-11-34-37(25-54)40-24-41-44(33(10)55)31(8)47(52-41)32(9)46-29(6)35(18-19-43(57)58-21-20-28(5)17-13-16-27(4)15-12-14-26(2)3)48(53-46)36-22-42(56)45-30(7)38(51-49(36)45)23-39(34)50-40/h14,16,20,22-25,29,33,35,51,53,55-56H,11-13,15,17-19,21H2,1-10H3/b27-16+,28-20+,39-23?,41-24?,46-32?,48-36?/t29-,33+,35-/m0/s1. The van der Waals surface area contributed by atoms with Crippen molar-refractivity contribution < 1.29 is 24.5 Å². The van der Waals surface area contributed by atoms with E-state index in [1.54, 1.807) is 13.0 Å². The second-order valence-corrected chi connectivity index (χ2v) is 16.6. The van der Waals surface area contributed by atoms with Gasteiger partial charge in [0.05, 0.1) is 34.4 Å². The number of carbonyl (C=O) groups is 2. The second kappa shape index (κ2) is 17.7. The van der Waals surface area contributed by atoms with Crippen LogP contribution >= 0.6 is 0 Å². The number of carbonyl (C=O) groups excluding carboxylic acids is 2. The van der Waals surface area contributed by atoms with E-state index in [1.165, 1.54) is 16.7 Å². The summed E-state index contributed by atoms with van der Waals surface area (Å²) in [6, 6.07) is 3.75. The smallest absolute Gasteiger partial charge is 0.306 e. The molecule has 0 aromatic carbocycles. The van der Waals surface area contributed by atoms with Gasteiger partial charge in [0.2, 0.25) is 0 Å². The summed E-state index contributed by atoms with van der Waals surface area (Å²) in [5.74, 6) is -0.228. The lowest BCUT2D eigenvalue weighted by Gasteiger charge is -2.18. The molecule has 6 rings (SSSR count). The number of rotatable bonds is 14. The molecular formula is C49H60N4O5. The molecule has 306 valence electrons. The Morgan fingerprint density at radius 2 is 1.62 bits per heavy atom. The van der Waals surface area contributed by atoms with Crippen molar-refractivity contribution in [2.75, 3.05) is 6.61 Å². The Kier molecular flexibility index (Phi) is 12.9. The molecule has 0 unspecified atom stereocenters. The third-order valence-electron chi connectivity index (χ3n) is 12.2. The van der Waals surface area contributed by atoms with E-state index < -0.39 is 6.10 Å². The minimum atomic E-state index is -0.809. The van der Waals surface area contributed by atoms with Crippen LogP contribution in [0.3, 0.4) is 0 Å². The van der Waals surface area contributed by atoms with Crippen LogP contribution in [0, 0.1) is 13.8 Å². The molecule has 0 fully saturated rings. The molecule has 2 aromatic heterocycles. The van der Waals surface area contributed by atoms with E-state index in [-0.39, 0.29) is 36.6 Å². The number of aryl methyl sites for hydroxylation is 1. The molecule has 1 aliphatic carbocycles. The third kappa shape index (κ3) is 8.46. The van der Waals surface area contributed by atoms with E-state index in [9.17, 15) is 19.8 Å². The maximum atomic E-state index is 13.3. The Bertz CT molecular complexity index is 2400. The Morgan fingerprint density at radius 3 is 2.29 bits per heavy atom. The molecule has 9 heteroatoms. The zero-order valence-electron chi connectivity index (χ0n) is 35.9. The van der Waals surface area contributed by atoms with Crippen LogP contribution in [0.1, 0.15) is 169 Å². The number of ether oxygens (including phenoxy) is 1. The van der Waals surface area contributed by atoms with Gasteiger partial charge in [0, 0.05) is 57.4 Å². The Morgan fingerprint density at radius 1 is 0.914 bits per heavy atom. The number of fused-ring (bicyclic) bond motifs is 8. The van der Waals surface area contributed by atoms with Gasteiger partial charge in [0.15, 0.2) is 6.29 Å². The van der Waals surface area contributed by atoms with Crippen LogP contribution in [0.25, 0.3) is 45.2 Å². The number of allylic oxidation sites excluding steroid dienone is 8. The minimum absolute atomic E-state index is 0.0421. The van der Waals surface area contributed by atoms with Gasteiger partial charge in [-0.3, -0.25) is 9.59 Å². The van der Waals surface area contributed by atoms with Crippen LogP contribution in [0.5, 0.6) is 0 Å². The van der Waals surface area contributed by atoms with Crippen molar-refractivity contribution in [1.29, 1.82) is 0 Å². The second-order valence-electron chi connectivity index (χ2n) is 16.6. The summed E-state index contributed by atoms with van der Waals surface area (Å²) in [5, 5.41) is 22.5. The molecule has 4 aliphatic rings. The summed E-state index contributed by atoms with van der Waals surface area (Å²) >= 11 is 0. The number of aromatic nitrogens is 4. The van der Waals surface area contributed by atoms with E-state index in [0.717, 1.165) is 93.5 Å². The summed E-state index contributed by atoms with van der Waals surface area (Å²) in [6.07, 6.45) is 13.8. The van der Waals surface area contributed by atoms with Gasteiger partial charge in [0.1, 0.15) is 12.4 Å². The molecule has 0 spiro atoms. The lowest BCUT2D eigenvalue weighted by Crippen LogP contribution is -2.10. The quantitative estimate of drug-likeness (QED) is 0.0849. The molecular weight excluding hydrogens is 725 g/mol. The first-order valence-electron chi connectivity index (χ1n) is 20.8. The highest BCUT2D eigenvalue weighted by Gasteiger charge is 2.35. The van der Waals surface area contributed by atoms with Crippen LogP contribution < -0.4 is 0 Å². The monoisotopic (exact) mass is 784 g/mol. The van der Waals surface area contributed by atoms with Crippen LogP contribution in [0.4, 0.5) is 0 Å². The summed E-state index contributed by atoms with van der Waals surface area (Å²) in [5.41, 5.74) is 16.1. The van der Waals surface area contributed by atoms with Crippen LogP contribution in [0.15, 0.2) is 47.1 Å². The van der Waals surface area contributed by atoms with Gasteiger partial charge in [-0.2, -0.15) is 0 Å². The molecule has 8 bridgehead atoms. The maximum absolute atomic E-state index is 13.3. The average Bonchev–Trinajstić information content (AvgIpc) is 3.94. The molecule has 0 amide bonds. The third-order valence-corrected chi connectivity index (χ3v) is 12.2. The lowest BCUT2D eigenvalue weighted by atomic mass is 9.84. The fourth-order valence-corrected chi connectivity index (χ4v) is 8.90. The van der Waals surface area contributed by atoms with Crippen molar-refractivity contribution in [2.24, 2.45) is 0 Å². The van der Waals surface area contributed by atoms with Gasteiger partial charge in [-0.1, -0.05) is 42.7 Å². The van der Waals surface area contributed by atoms with Crippen LogP contribution in [0.2, 0.25) is 0 Å². The summed E-state index contributed by atoms with van der Waals surface area (Å²) < 4.78 is 5.74. The van der Waals surface area contributed by atoms with E-state index in [0.29, 0.717) is 41.1 Å². The number of hydrogen-bond acceptors (Lipinski definition) is 7. The molecule has 2 aromatic rings. The fourth-order valence-electron chi connectivity index (χ4n) is 8.90. The molecule has 5 heterocycles. The van der Waals surface area contributed by atoms with Gasteiger partial charge in [-0.15, -0.1) is 0 Å². The van der Waals surface area contributed by atoms with Crippen molar-refractivity contribution in [3.8, 4) is 0 Å². The van der Waals surface area contributed by atoms with Gasteiger partial charge < -0.3 is 24.9 Å². The highest BCUT2D eigenvalue weighted by molar-refractivity contribution is 6.18. The number of nitrogens with zero attached hydrogens (tertiary/aromatic N) is 2. The number of nitrogens with one attached hydrogen (secondary N) is 2. The summed E-state index contributed by atoms with van der Waals surface area (Å²) in [4.78, 5) is 43.2. The van der Waals surface area contributed by atoms with Gasteiger partial charge >= 0.3 is 5.97 Å². The SMILES string of the molecule is CCC1=C(C=O)c2cc3nc(c(C)c4[nH]c(c5c6[nH]c(cc1n2)c(C)c6C(O)=C5)[C@@H](CCC(=O)OC/C=C(\C)CC/C=C(\C)CCC=C(C)C)[C@@H]4C)C(C)=C3[C@@H](C)O. The highest BCUT2D eigenvalue weighted by Crippen LogP contribution is 2.47. The largest absolute Gasteiger partial charge is 0.507 e. The number of aldehydes is 1. The molecule has 3 aliphatic heterocycles. The summed E-state index contributed by atoms with van der Waals surface area (Å²) in [7, 11) is 0. The maximum Gasteiger partial charge on any atom is 0.306 e. The van der Waals surface area contributed by atoms with Crippen LogP contribution in [-0.2, 0) is 14.3 Å². The molecule has 58 heavy (non-hydrogen) atoms. The van der Waals surface area contributed by atoms with Crippen molar-refractivity contribution in [3.63, 3.8) is 0 Å². The van der Waals surface area contributed by atoms with Gasteiger partial charge in [0.25, 0.3) is 0 Å². The molecule has 4 N–H and O–H groups in total. The fraction of sp³-hybridized carbons (Fsp3) is 0.429. The molecule has 9 nitrogen and oxygen atoms in total. The van der Waals surface area contributed by atoms with E-state index in [2.05, 4.69) is 56.7 Å². The van der Waals surface area contributed by atoms with Crippen molar-refractivity contribution in [3.05, 3.63) is 103 Å². The van der Waals surface area contributed by atoms with E-state index in [1.807, 2.05) is 45.9 Å². The molecule has 0 radical (unpaired) electrons. The normalized spacial score (nSPS) is 17.7. The zero-order valence-corrected chi connectivity index (χ0v) is 35.9. The Labute approximate surface area is 343 Å². The first kappa shape index (κ1) is 42.3.